The summed E-state index contributed by atoms with van der Waals surface area (Å²) in [4.78, 5) is 0. The third-order valence-electron chi connectivity index (χ3n) is 12.7. The zero-order valence-corrected chi connectivity index (χ0v) is 25.7. The van der Waals surface area contributed by atoms with Crippen LogP contribution in [0.25, 0.3) is 0 Å². The van der Waals surface area contributed by atoms with Crippen LogP contribution in [0, 0.1) is 34.5 Å². The molecule has 5 saturated carbocycles. The number of ether oxygens (including phenoxy) is 2. The maximum Gasteiger partial charge on any atom is 0.0575 e. The predicted octanol–water partition coefficient (Wildman–Crippen LogP) is 10.7. The van der Waals surface area contributed by atoms with E-state index in [2.05, 4.69) is 13.8 Å². The van der Waals surface area contributed by atoms with Gasteiger partial charge in [0.05, 0.1) is 12.2 Å². The van der Waals surface area contributed by atoms with Crippen molar-refractivity contribution >= 4 is 0 Å². The summed E-state index contributed by atoms with van der Waals surface area (Å²) in [6.07, 6.45) is 35.8. The van der Waals surface area contributed by atoms with Crippen LogP contribution in [-0.4, -0.2) is 25.4 Å². The molecule has 5 fully saturated rings. The Morgan fingerprint density at radius 2 is 0.789 bits per heavy atom. The first-order valence-electron chi connectivity index (χ1n) is 17.9. The van der Waals surface area contributed by atoms with Crippen LogP contribution >= 0.6 is 0 Å². The average Bonchev–Trinajstić information content (AvgIpc) is 2.94. The highest BCUT2D eigenvalue weighted by Gasteiger charge is 2.56. The summed E-state index contributed by atoms with van der Waals surface area (Å²) in [5.41, 5.74) is 1.55. The minimum absolute atomic E-state index is 0.582. The van der Waals surface area contributed by atoms with Gasteiger partial charge in [-0.15, -0.1) is 0 Å². The van der Waals surface area contributed by atoms with Crippen molar-refractivity contribution < 1.29 is 9.47 Å². The number of rotatable bonds is 12. The molecule has 0 aromatic heterocycles. The normalized spacial score (nSPS) is 41.8. The van der Waals surface area contributed by atoms with Crippen molar-refractivity contribution in [2.75, 3.05) is 13.2 Å². The lowest BCUT2D eigenvalue weighted by Crippen LogP contribution is -2.50. The number of unbranched alkanes of at least 4 members (excludes halogenated alkanes) is 4. The molecular weight excluding hydrogens is 464 g/mol. The highest BCUT2D eigenvalue weighted by Crippen LogP contribution is 2.67. The molecule has 0 bridgehead atoms. The van der Waals surface area contributed by atoms with E-state index in [0.717, 1.165) is 47.7 Å². The van der Waals surface area contributed by atoms with E-state index >= 15 is 0 Å². The molecule has 0 atom stereocenters. The van der Waals surface area contributed by atoms with E-state index < -0.39 is 0 Å². The van der Waals surface area contributed by atoms with Crippen molar-refractivity contribution in [1.82, 2.24) is 0 Å². The average molecular weight is 529 g/mol. The summed E-state index contributed by atoms with van der Waals surface area (Å²) in [5, 5.41) is 0. The Balaban J connectivity index is 0.950. The fraction of sp³-hybridized carbons (Fsp3) is 1.00. The first-order valence-corrected chi connectivity index (χ1v) is 17.9. The second kappa shape index (κ2) is 14.2. The fourth-order valence-electron chi connectivity index (χ4n) is 10.4. The molecule has 0 aliphatic heterocycles. The quantitative estimate of drug-likeness (QED) is 0.234. The van der Waals surface area contributed by atoms with Crippen molar-refractivity contribution in [3.63, 3.8) is 0 Å². The number of hydrogen-bond acceptors (Lipinski definition) is 2. The SMILES string of the molecule is CCCCCO[C@H]1CC[C@H](C2CCC3(CC2)CC2(CCC([C@H]4CC[C@H](OCCCCC)CC4)CC2)C3)CC1. The minimum Gasteiger partial charge on any atom is -0.378 e. The lowest BCUT2D eigenvalue weighted by atomic mass is 9.43. The summed E-state index contributed by atoms with van der Waals surface area (Å²) in [6.45, 7) is 6.58. The molecule has 5 rings (SSSR count). The van der Waals surface area contributed by atoms with Crippen LogP contribution < -0.4 is 0 Å². The molecule has 2 spiro atoms. The Labute approximate surface area is 237 Å². The Bertz CT molecular complexity index is 589. The van der Waals surface area contributed by atoms with Gasteiger partial charge in [-0.05, 0) is 163 Å². The van der Waals surface area contributed by atoms with Crippen LogP contribution in [-0.2, 0) is 9.47 Å². The van der Waals surface area contributed by atoms with Gasteiger partial charge in [-0.2, -0.15) is 0 Å². The van der Waals surface area contributed by atoms with Gasteiger partial charge in [0.1, 0.15) is 0 Å². The van der Waals surface area contributed by atoms with Gasteiger partial charge in [0.2, 0.25) is 0 Å². The van der Waals surface area contributed by atoms with E-state index in [0.29, 0.717) is 12.2 Å². The molecule has 0 amide bonds. The van der Waals surface area contributed by atoms with Crippen molar-refractivity contribution in [2.24, 2.45) is 34.5 Å². The molecular formula is C36H64O2. The molecule has 0 N–H and O–H groups in total. The van der Waals surface area contributed by atoms with Crippen LogP contribution in [0.3, 0.4) is 0 Å². The molecule has 0 unspecified atom stereocenters. The van der Waals surface area contributed by atoms with Gasteiger partial charge in [-0.1, -0.05) is 39.5 Å². The molecule has 2 nitrogen and oxygen atoms in total. The van der Waals surface area contributed by atoms with Gasteiger partial charge in [0.15, 0.2) is 0 Å². The van der Waals surface area contributed by atoms with Gasteiger partial charge < -0.3 is 9.47 Å². The van der Waals surface area contributed by atoms with Crippen molar-refractivity contribution in [3.05, 3.63) is 0 Å². The third kappa shape index (κ3) is 7.60. The smallest absolute Gasteiger partial charge is 0.0575 e. The zero-order valence-electron chi connectivity index (χ0n) is 25.7. The highest BCUT2D eigenvalue weighted by atomic mass is 16.5. The molecule has 0 heterocycles. The Kier molecular flexibility index (Phi) is 11.0. The largest absolute Gasteiger partial charge is 0.378 e. The van der Waals surface area contributed by atoms with Crippen LogP contribution in [0.15, 0.2) is 0 Å². The summed E-state index contributed by atoms with van der Waals surface area (Å²) in [5.74, 6) is 4.12. The van der Waals surface area contributed by atoms with E-state index in [9.17, 15) is 0 Å². The first-order chi connectivity index (χ1) is 18.6. The first kappa shape index (κ1) is 29.4. The van der Waals surface area contributed by atoms with E-state index in [-0.39, 0.29) is 0 Å². The Morgan fingerprint density at radius 1 is 0.447 bits per heavy atom. The second-order valence-corrected chi connectivity index (χ2v) is 15.3. The molecule has 220 valence electrons. The van der Waals surface area contributed by atoms with Gasteiger partial charge in [0.25, 0.3) is 0 Å². The van der Waals surface area contributed by atoms with Crippen LogP contribution in [0.4, 0.5) is 0 Å². The van der Waals surface area contributed by atoms with Gasteiger partial charge in [-0.25, -0.2) is 0 Å². The monoisotopic (exact) mass is 528 g/mol. The molecule has 0 saturated heterocycles. The standard InChI is InChI=1S/C36H64O2/c1-3-5-7-25-37-33-13-9-29(10-14-33)31-17-21-35(22-18-31)27-36(28-35)23-19-32(20-24-36)30-11-15-34(16-12-30)38-26-8-6-4-2/h29-34H,3-28H2,1-2H3/t29-,30-,31?,32?,33-,34-,35?,36?. The summed E-state index contributed by atoms with van der Waals surface area (Å²) >= 11 is 0. The van der Waals surface area contributed by atoms with Crippen LogP contribution in [0.5, 0.6) is 0 Å². The molecule has 0 aromatic carbocycles. The molecule has 2 heteroatoms. The zero-order chi connectivity index (χ0) is 26.3. The maximum absolute atomic E-state index is 6.21. The van der Waals surface area contributed by atoms with E-state index in [1.807, 2.05) is 0 Å². The van der Waals surface area contributed by atoms with Gasteiger partial charge in [-0.3, -0.25) is 0 Å². The predicted molar refractivity (Wildman–Crippen MR) is 160 cm³/mol. The van der Waals surface area contributed by atoms with Gasteiger partial charge in [0, 0.05) is 13.2 Å². The van der Waals surface area contributed by atoms with Crippen molar-refractivity contribution in [3.8, 4) is 0 Å². The van der Waals surface area contributed by atoms with Crippen molar-refractivity contribution in [2.45, 2.75) is 180 Å². The second-order valence-electron chi connectivity index (χ2n) is 15.3. The highest BCUT2D eigenvalue weighted by molar-refractivity contribution is 5.07. The lowest BCUT2D eigenvalue weighted by molar-refractivity contribution is -0.111. The van der Waals surface area contributed by atoms with E-state index in [4.69, 9.17) is 9.47 Å². The minimum atomic E-state index is 0.582. The van der Waals surface area contributed by atoms with Crippen molar-refractivity contribution in [1.29, 1.82) is 0 Å². The molecule has 0 aromatic rings. The van der Waals surface area contributed by atoms with Gasteiger partial charge >= 0.3 is 0 Å². The summed E-state index contributed by atoms with van der Waals surface area (Å²) < 4.78 is 12.4. The lowest BCUT2D eigenvalue weighted by Gasteiger charge is -2.62. The third-order valence-corrected chi connectivity index (χ3v) is 12.7. The van der Waals surface area contributed by atoms with E-state index in [1.54, 1.807) is 64.2 Å². The fourth-order valence-corrected chi connectivity index (χ4v) is 10.4. The molecule has 0 radical (unpaired) electrons. The maximum atomic E-state index is 6.21. The molecule has 5 aliphatic rings. The van der Waals surface area contributed by atoms with Crippen LogP contribution in [0.1, 0.15) is 168 Å². The Hall–Kier alpha value is -0.0800. The Morgan fingerprint density at radius 3 is 1.13 bits per heavy atom. The molecule has 38 heavy (non-hydrogen) atoms. The van der Waals surface area contributed by atoms with Crippen LogP contribution in [0.2, 0.25) is 0 Å². The summed E-state index contributed by atoms with van der Waals surface area (Å²) in [7, 11) is 0. The van der Waals surface area contributed by atoms with E-state index in [1.165, 1.54) is 89.9 Å². The summed E-state index contributed by atoms with van der Waals surface area (Å²) in [6, 6.07) is 0. The topological polar surface area (TPSA) is 18.5 Å². The number of hydrogen-bond donors (Lipinski definition) is 0. The molecule has 5 aliphatic carbocycles.